The second-order valence-electron chi connectivity index (χ2n) is 10.6. The molecule has 2 aliphatic heterocycles. The zero-order chi connectivity index (χ0) is 27.7. The molecule has 2 aromatic heterocycles. The van der Waals surface area contributed by atoms with Crippen molar-refractivity contribution in [2.45, 2.75) is 64.6 Å². The SMILES string of the molecule is CCN1C(=C=O)CN(C(C)c2ccc(-n3cc(F)cn3)nc2)C(=C=O)C12CCN(C(=O)OC(C)(C)C)CC2. The summed E-state index contributed by atoms with van der Waals surface area (Å²) in [5.41, 5.74) is 0.253. The molecule has 2 saturated heterocycles. The maximum atomic E-state index is 13.4. The minimum atomic E-state index is -0.811. The van der Waals surface area contributed by atoms with Crippen LogP contribution in [0.1, 0.15) is 59.1 Å². The maximum absolute atomic E-state index is 13.4. The number of ether oxygens (including phenoxy) is 1. The van der Waals surface area contributed by atoms with Crippen LogP contribution >= 0.6 is 0 Å². The third-order valence-electron chi connectivity index (χ3n) is 7.17. The van der Waals surface area contributed by atoms with E-state index < -0.39 is 23.1 Å². The first kappa shape index (κ1) is 27.1. The Morgan fingerprint density at radius 1 is 1.18 bits per heavy atom. The largest absolute Gasteiger partial charge is 0.444 e. The molecule has 2 aliphatic rings. The highest BCUT2D eigenvalue weighted by atomic mass is 19.1. The molecule has 0 bridgehead atoms. The average molecular weight is 525 g/mol. The fourth-order valence-corrected chi connectivity index (χ4v) is 5.32. The van der Waals surface area contributed by atoms with Crippen LogP contribution in [0.2, 0.25) is 0 Å². The van der Waals surface area contributed by atoms with Gasteiger partial charge in [0, 0.05) is 25.8 Å². The summed E-state index contributed by atoms with van der Waals surface area (Å²) in [6.07, 6.45) is 4.45. The number of likely N-dealkylation sites (N-methyl/N-ethyl adjacent to an activating group) is 1. The number of pyridine rings is 1. The minimum absolute atomic E-state index is 0.187. The number of likely N-dealkylation sites (tertiary alicyclic amines) is 1. The molecule has 4 heterocycles. The number of nitrogens with zero attached hydrogens (tertiary/aromatic N) is 6. The van der Waals surface area contributed by atoms with Crippen molar-refractivity contribution in [2.24, 2.45) is 0 Å². The number of aromatic nitrogens is 3. The van der Waals surface area contributed by atoms with E-state index >= 15 is 0 Å². The van der Waals surface area contributed by atoms with Crippen molar-refractivity contribution in [2.75, 3.05) is 26.2 Å². The van der Waals surface area contributed by atoms with Crippen LogP contribution in [0.4, 0.5) is 9.18 Å². The third-order valence-corrected chi connectivity index (χ3v) is 7.17. The first-order valence-corrected chi connectivity index (χ1v) is 12.7. The highest BCUT2D eigenvalue weighted by molar-refractivity contribution is 5.69. The van der Waals surface area contributed by atoms with Crippen LogP contribution in [0.5, 0.6) is 0 Å². The summed E-state index contributed by atoms with van der Waals surface area (Å²) in [5.74, 6) is 4.28. The Balaban J connectivity index is 1.62. The number of carbonyl (C=O) groups excluding carboxylic acids is 3. The van der Waals surface area contributed by atoms with Crippen LogP contribution in [-0.2, 0) is 14.3 Å². The fourth-order valence-electron chi connectivity index (χ4n) is 5.32. The van der Waals surface area contributed by atoms with Crippen LogP contribution in [-0.4, -0.2) is 84.8 Å². The van der Waals surface area contributed by atoms with E-state index in [4.69, 9.17) is 4.74 Å². The van der Waals surface area contributed by atoms with Crippen LogP contribution in [0.3, 0.4) is 0 Å². The van der Waals surface area contributed by atoms with Crippen molar-refractivity contribution in [3.63, 3.8) is 0 Å². The van der Waals surface area contributed by atoms with Crippen LogP contribution in [0.25, 0.3) is 5.82 Å². The summed E-state index contributed by atoms with van der Waals surface area (Å²) in [6.45, 7) is 10.7. The van der Waals surface area contributed by atoms with E-state index in [0.29, 0.717) is 49.7 Å². The van der Waals surface area contributed by atoms with Gasteiger partial charge in [-0.2, -0.15) is 5.10 Å². The molecule has 0 saturated carbocycles. The number of halogens is 1. The van der Waals surface area contributed by atoms with Gasteiger partial charge < -0.3 is 19.4 Å². The quantitative estimate of drug-likeness (QED) is 0.562. The lowest BCUT2D eigenvalue weighted by Crippen LogP contribution is -2.64. The van der Waals surface area contributed by atoms with E-state index in [2.05, 4.69) is 22.0 Å². The molecule has 1 atom stereocenters. The van der Waals surface area contributed by atoms with Gasteiger partial charge in [-0.1, -0.05) is 6.07 Å². The molecule has 10 nitrogen and oxygen atoms in total. The first-order valence-electron chi connectivity index (χ1n) is 12.7. The Labute approximate surface area is 221 Å². The summed E-state index contributed by atoms with van der Waals surface area (Å²) < 4.78 is 20.2. The number of piperidine rings is 1. The normalized spacial score (nSPS) is 18.3. The summed E-state index contributed by atoms with van der Waals surface area (Å²) in [4.78, 5) is 47.2. The molecule has 0 aromatic carbocycles. The Hall–Kier alpha value is -3.94. The van der Waals surface area contributed by atoms with Gasteiger partial charge in [-0.25, -0.2) is 28.4 Å². The van der Waals surface area contributed by atoms with Crippen molar-refractivity contribution in [3.05, 3.63) is 53.5 Å². The number of piperazine rings is 1. The molecular weight excluding hydrogens is 491 g/mol. The molecule has 0 N–H and O–H groups in total. The van der Waals surface area contributed by atoms with Crippen molar-refractivity contribution >= 4 is 18.0 Å². The van der Waals surface area contributed by atoms with Gasteiger partial charge in [0.25, 0.3) is 0 Å². The summed E-state index contributed by atoms with van der Waals surface area (Å²) in [6, 6.07) is 3.23. The lowest BCUT2D eigenvalue weighted by Gasteiger charge is -2.56. The monoisotopic (exact) mass is 524 g/mol. The van der Waals surface area contributed by atoms with Gasteiger partial charge in [0.15, 0.2) is 11.6 Å². The molecule has 1 spiro atoms. The first-order chi connectivity index (χ1) is 18.0. The van der Waals surface area contributed by atoms with E-state index in [1.54, 1.807) is 17.2 Å². The van der Waals surface area contributed by atoms with Gasteiger partial charge in [0.2, 0.25) is 0 Å². The molecule has 4 rings (SSSR count). The van der Waals surface area contributed by atoms with Gasteiger partial charge >= 0.3 is 6.09 Å². The lowest BCUT2D eigenvalue weighted by atomic mass is 9.79. The van der Waals surface area contributed by atoms with Crippen LogP contribution in [0, 0.1) is 5.82 Å². The van der Waals surface area contributed by atoms with Crippen LogP contribution in [0.15, 0.2) is 42.1 Å². The summed E-state index contributed by atoms with van der Waals surface area (Å²) in [5, 5.41) is 3.93. The lowest BCUT2D eigenvalue weighted by molar-refractivity contribution is -0.00656. The van der Waals surface area contributed by atoms with Crippen molar-refractivity contribution in [1.29, 1.82) is 0 Å². The topological polar surface area (TPSA) is 101 Å². The number of hydrogen-bond acceptors (Lipinski definition) is 8. The van der Waals surface area contributed by atoms with E-state index in [1.165, 1.54) is 10.9 Å². The molecule has 38 heavy (non-hydrogen) atoms. The number of hydrogen-bond donors (Lipinski definition) is 0. The predicted molar refractivity (Wildman–Crippen MR) is 137 cm³/mol. The van der Waals surface area contributed by atoms with Crippen molar-refractivity contribution in [1.82, 2.24) is 29.5 Å². The smallest absolute Gasteiger partial charge is 0.410 e. The second kappa shape index (κ2) is 10.4. The van der Waals surface area contributed by atoms with E-state index in [0.717, 1.165) is 11.8 Å². The molecule has 202 valence electrons. The zero-order valence-corrected chi connectivity index (χ0v) is 22.4. The number of amides is 1. The summed E-state index contributed by atoms with van der Waals surface area (Å²) >= 11 is 0. The van der Waals surface area contributed by atoms with E-state index in [-0.39, 0.29) is 12.6 Å². The Morgan fingerprint density at radius 3 is 2.39 bits per heavy atom. The Kier molecular flexibility index (Phi) is 7.44. The molecular formula is C27H33FN6O4. The van der Waals surface area contributed by atoms with Crippen molar-refractivity contribution < 1.29 is 23.5 Å². The fraction of sp³-hybridized carbons (Fsp3) is 0.519. The van der Waals surface area contributed by atoms with Crippen LogP contribution < -0.4 is 0 Å². The Morgan fingerprint density at radius 2 is 1.89 bits per heavy atom. The zero-order valence-electron chi connectivity index (χ0n) is 22.4. The van der Waals surface area contributed by atoms with Gasteiger partial charge in [-0.3, -0.25) is 0 Å². The predicted octanol–water partition coefficient (Wildman–Crippen LogP) is 3.31. The average Bonchev–Trinajstić information content (AvgIpc) is 3.33. The standard InChI is InChI=1S/C27H33FN6O4/c1-6-33-22(17-35)16-32(19(2)20-7-8-24(29-13-20)34-15-21(28)14-30-34)23(18-36)27(33)9-11-31(12-10-27)25(37)38-26(3,4)5/h7-8,13-15,19H,6,9-12,16H2,1-5H3. The number of carbonyl (C=O) groups is 1. The van der Waals surface area contributed by atoms with E-state index in [1.807, 2.05) is 50.5 Å². The minimum Gasteiger partial charge on any atom is -0.444 e. The second-order valence-corrected chi connectivity index (χ2v) is 10.6. The highest BCUT2D eigenvalue weighted by Gasteiger charge is 2.51. The molecule has 1 unspecified atom stereocenters. The van der Waals surface area contributed by atoms with Gasteiger partial charge in [0.05, 0.1) is 30.5 Å². The third kappa shape index (κ3) is 5.08. The van der Waals surface area contributed by atoms with Gasteiger partial charge in [0.1, 0.15) is 28.9 Å². The molecule has 11 heteroatoms. The molecule has 2 aromatic rings. The molecule has 0 aliphatic carbocycles. The van der Waals surface area contributed by atoms with E-state index in [9.17, 15) is 18.8 Å². The van der Waals surface area contributed by atoms with Gasteiger partial charge in [-0.05, 0) is 59.1 Å². The Bertz CT molecular complexity index is 1280. The summed E-state index contributed by atoms with van der Waals surface area (Å²) in [7, 11) is 0. The van der Waals surface area contributed by atoms with Crippen molar-refractivity contribution in [3.8, 4) is 5.82 Å². The molecule has 0 radical (unpaired) electrons. The molecule has 2 fully saturated rings. The molecule has 1 amide bonds. The maximum Gasteiger partial charge on any atom is 0.410 e. The highest BCUT2D eigenvalue weighted by Crippen LogP contribution is 2.44. The van der Waals surface area contributed by atoms with Gasteiger partial charge in [-0.15, -0.1) is 0 Å². The number of rotatable bonds is 4.